The Bertz CT molecular complexity index is 578. The molecule has 104 valence electrons. The molecule has 1 aliphatic heterocycles. The van der Waals surface area contributed by atoms with E-state index in [1.165, 1.54) is 18.3 Å². The van der Waals surface area contributed by atoms with E-state index in [1.807, 2.05) is 0 Å². The molecule has 7 heteroatoms. The summed E-state index contributed by atoms with van der Waals surface area (Å²) in [6.07, 6.45) is 1.46. The van der Waals surface area contributed by atoms with Crippen molar-refractivity contribution >= 4 is 23.7 Å². The minimum atomic E-state index is -0.529. The monoisotopic (exact) mass is 274 g/mol. The van der Waals surface area contributed by atoms with Crippen LogP contribution in [-0.4, -0.2) is 28.8 Å². The summed E-state index contributed by atoms with van der Waals surface area (Å²) in [7, 11) is 0. The Hall–Kier alpha value is -2.70. The molecule has 0 saturated heterocycles. The number of nitrogens with one attached hydrogen (secondary N) is 2. The smallest absolute Gasteiger partial charge is 0.249 e. The fourth-order valence-corrected chi connectivity index (χ4v) is 1.70. The molecule has 0 radical (unpaired) electrons. The van der Waals surface area contributed by atoms with Gasteiger partial charge in [0.2, 0.25) is 11.8 Å². The van der Waals surface area contributed by atoms with Crippen molar-refractivity contribution in [2.75, 3.05) is 0 Å². The molecule has 0 unspecified atom stereocenters. The van der Waals surface area contributed by atoms with Crippen LogP contribution in [0, 0.1) is 5.92 Å². The molecule has 1 aliphatic rings. The van der Waals surface area contributed by atoms with Crippen molar-refractivity contribution in [3.8, 4) is 5.75 Å². The largest absolute Gasteiger partial charge is 0.508 e. The molecule has 1 heterocycles. The van der Waals surface area contributed by atoms with Crippen molar-refractivity contribution in [3.63, 3.8) is 0 Å². The maximum Gasteiger partial charge on any atom is 0.249 e. The summed E-state index contributed by atoms with van der Waals surface area (Å²) < 4.78 is 0. The number of hydrogen-bond acceptors (Lipinski definition) is 5. The Balaban J connectivity index is 1.85. The average Bonchev–Trinajstić information content (AvgIpc) is 2.73. The number of hydrogen-bond donors (Lipinski definition) is 3. The lowest BCUT2D eigenvalue weighted by Crippen LogP contribution is -2.29. The fourth-order valence-electron chi connectivity index (χ4n) is 1.70. The summed E-state index contributed by atoms with van der Waals surface area (Å²) in [5.41, 5.74) is 5.99. The predicted molar refractivity (Wildman–Crippen MR) is 73.2 cm³/mol. The molecule has 0 bridgehead atoms. The molecule has 20 heavy (non-hydrogen) atoms. The maximum absolute atomic E-state index is 11.6. The second kappa shape index (κ2) is 5.96. The SMILES string of the molecule is CC1=NNC(=O)[C@@H]1CC(=O)N/N=C\c1ccc(O)cc1. The van der Waals surface area contributed by atoms with Gasteiger partial charge in [0.1, 0.15) is 5.75 Å². The number of phenolic OH excluding ortho intramolecular Hbond substituents is 1. The number of rotatable bonds is 4. The third-order valence-electron chi connectivity index (χ3n) is 2.85. The van der Waals surface area contributed by atoms with E-state index in [4.69, 9.17) is 5.11 Å². The van der Waals surface area contributed by atoms with Crippen LogP contribution in [0.25, 0.3) is 0 Å². The Labute approximate surface area is 115 Å². The lowest BCUT2D eigenvalue weighted by molar-refractivity contribution is -0.127. The van der Waals surface area contributed by atoms with Gasteiger partial charge in [0.25, 0.3) is 0 Å². The van der Waals surface area contributed by atoms with Gasteiger partial charge in [-0.3, -0.25) is 9.59 Å². The van der Waals surface area contributed by atoms with E-state index in [2.05, 4.69) is 21.1 Å². The van der Waals surface area contributed by atoms with E-state index in [-0.39, 0.29) is 24.0 Å². The van der Waals surface area contributed by atoms with Crippen LogP contribution in [0.15, 0.2) is 34.5 Å². The number of phenols is 1. The summed E-state index contributed by atoms with van der Waals surface area (Å²) in [6.45, 7) is 1.69. The normalized spacial score (nSPS) is 17.9. The molecule has 3 N–H and O–H groups in total. The molecule has 0 saturated carbocycles. The highest BCUT2D eigenvalue weighted by molar-refractivity contribution is 6.09. The predicted octanol–water partition coefficient (Wildman–Crippen LogP) is 0.354. The van der Waals surface area contributed by atoms with Crippen molar-refractivity contribution in [2.24, 2.45) is 16.1 Å². The molecule has 2 rings (SSSR count). The van der Waals surface area contributed by atoms with Crippen LogP contribution in [0.3, 0.4) is 0 Å². The van der Waals surface area contributed by atoms with Crippen LogP contribution < -0.4 is 10.9 Å². The molecule has 1 atom stereocenters. The molecule has 0 aliphatic carbocycles. The van der Waals surface area contributed by atoms with E-state index in [0.717, 1.165) is 5.56 Å². The van der Waals surface area contributed by atoms with Gasteiger partial charge in [0.15, 0.2) is 0 Å². The molecular formula is C13H14N4O3. The average molecular weight is 274 g/mol. The zero-order valence-electron chi connectivity index (χ0n) is 10.8. The van der Waals surface area contributed by atoms with E-state index in [0.29, 0.717) is 5.71 Å². The second-order valence-electron chi connectivity index (χ2n) is 4.37. The Morgan fingerprint density at radius 2 is 2.20 bits per heavy atom. The van der Waals surface area contributed by atoms with Crippen molar-refractivity contribution in [1.29, 1.82) is 0 Å². The summed E-state index contributed by atoms with van der Waals surface area (Å²) in [6, 6.07) is 6.36. The quantitative estimate of drug-likeness (QED) is 0.545. The standard InChI is InChI=1S/C13H14N4O3/c1-8-11(13(20)17-15-8)6-12(19)16-14-7-9-2-4-10(18)5-3-9/h2-5,7,11,18H,6H2,1H3,(H,16,19)(H,17,20)/b14-7-/t11-/m1/s1. The molecule has 0 spiro atoms. The summed E-state index contributed by atoms with van der Waals surface area (Å²) in [5, 5.41) is 16.7. The van der Waals surface area contributed by atoms with Crippen LogP contribution in [0.5, 0.6) is 5.75 Å². The van der Waals surface area contributed by atoms with Gasteiger partial charge in [0, 0.05) is 12.1 Å². The van der Waals surface area contributed by atoms with Gasteiger partial charge in [0.05, 0.1) is 12.1 Å². The molecular weight excluding hydrogens is 260 g/mol. The lowest BCUT2D eigenvalue weighted by Gasteiger charge is -2.05. The fraction of sp³-hybridized carbons (Fsp3) is 0.231. The highest BCUT2D eigenvalue weighted by atomic mass is 16.3. The van der Waals surface area contributed by atoms with Crippen LogP contribution in [0.2, 0.25) is 0 Å². The minimum Gasteiger partial charge on any atom is -0.508 e. The summed E-state index contributed by atoms with van der Waals surface area (Å²) in [4.78, 5) is 23.0. The van der Waals surface area contributed by atoms with Crippen LogP contribution >= 0.6 is 0 Å². The maximum atomic E-state index is 11.6. The van der Waals surface area contributed by atoms with Crippen molar-refractivity contribution in [1.82, 2.24) is 10.9 Å². The zero-order chi connectivity index (χ0) is 14.5. The minimum absolute atomic E-state index is 0.00802. The number of carbonyl (C=O) groups is 2. The summed E-state index contributed by atoms with van der Waals surface area (Å²) >= 11 is 0. The Kier molecular flexibility index (Phi) is 4.09. The topological polar surface area (TPSA) is 103 Å². The first-order valence-electron chi connectivity index (χ1n) is 6.01. The molecule has 1 aromatic carbocycles. The number of nitrogens with zero attached hydrogens (tertiary/aromatic N) is 2. The van der Waals surface area contributed by atoms with E-state index >= 15 is 0 Å². The van der Waals surface area contributed by atoms with Gasteiger partial charge in [-0.2, -0.15) is 10.2 Å². The zero-order valence-corrected chi connectivity index (χ0v) is 10.8. The van der Waals surface area contributed by atoms with E-state index in [9.17, 15) is 9.59 Å². The number of carbonyl (C=O) groups excluding carboxylic acids is 2. The lowest BCUT2D eigenvalue weighted by atomic mass is 10.0. The van der Waals surface area contributed by atoms with Crippen LogP contribution in [0.4, 0.5) is 0 Å². The van der Waals surface area contributed by atoms with Gasteiger partial charge in [-0.25, -0.2) is 10.9 Å². The molecule has 0 fully saturated rings. The van der Waals surface area contributed by atoms with Crippen molar-refractivity contribution < 1.29 is 14.7 Å². The number of aromatic hydroxyl groups is 1. The number of hydrazone groups is 2. The summed E-state index contributed by atoms with van der Waals surface area (Å²) in [5.74, 6) is -1.01. The van der Waals surface area contributed by atoms with Crippen molar-refractivity contribution in [3.05, 3.63) is 29.8 Å². The van der Waals surface area contributed by atoms with Gasteiger partial charge < -0.3 is 5.11 Å². The van der Waals surface area contributed by atoms with Crippen LogP contribution in [0.1, 0.15) is 18.9 Å². The third-order valence-corrected chi connectivity index (χ3v) is 2.85. The Morgan fingerprint density at radius 1 is 1.50 bits per heavy atom. The Morgan fingerprint density at radius 3 is 2.80 bits per heavy atom. The molecule has 1 aromatic rings. The molecule has 0 aromatic heterocycles. The van der Waals surface area contributed by atoms with Gasteiger partial charge in [-0.1, -0.05) is 0 Å². The first-order valence-corrected chi connectivity index (χ1v) is 6.01. The van der Waals surface area contributed by atoms with Gasteiger partial charge in [-0.15, -0.1) is 0 Å². The van der Waals surface area contributed by atoms with Crippen molar-refractivity contribution in [2.45, 2.75) is 13.3 Å². The number of benzene rings is 1. The molecule has 7 nitrogen and oxygen atoms in total. The first kappa shape index (κ1) is 13.7. The first-order chi connectivity index (χ1) is 9.56. The van der Waals surface area contributed by atoms with E-state index < -0.39 is 5.92 Å². The third kappa shape index (κ3) is 3.41. The second-order valence-corrected chi connectivity index (χ2v) is 4.37. The number of amides is 2. The van der Waals surface area contributed by atoms with Crippen LogP contribution in [-0.2, 0) is 9.59 Å². The highest BCUT2D eigenvalue weighted by Gasteiger charge is 2.28. The van der Waals surface area contributed by atoms with E-state index in [1.54, 1.807) is 19.1 Å². The van der Waals surface area contributed by atoms with Gasteiger partial charge in [-0.05, 0) is 36.8 Å². The highest BCUT2D eigenvalue weighted by Crippen LogP contribution is 2.11. The van der Waals surface area contributed by atoms with Gasteiger partial charge >= 0.3 is 0 Å². The molecule has 2 amide bonds.